The van der Waals surface area contributed by atoms with Crippen LogP contribution >= 0.6 is 0 Å². The van der Waals surface area contributed by atoms with Crippen molar-refractivity contribution in [2.45, 2.75) is 34.2 Å². The summed E-state index contributed by atoms with van der Waals surface area (Å²) in [5.74, 6) is 2.03. The first-order valence-electron chi connectivity index (χ1n) is 7.41. The molecule has 1 atom stereocenters. The van der Waals surface area contributed by atoms with Crippen LogP contribution in [0.1, 0.15) is 33.5 Å². The molecule has 0 radical (unpaired) electrons. The van der Waals surface area contributed by atoms with Gasteiger partial charge >= 0.3 is 0 Å². The number of rotatable bonds is 5. The van der Waals surface area contributed by atoms with Crippen molar-refractivity contribution in [3.8, 4) is 11.3 Å². The average molecular weight is 289 g/mol. The third-order valence-electron chi connectivity index (χ3n) is 4.02. The second kappa shape index (κ2) is 6.44. The van der Waals surface area contributed by atoms with Crippen molar-refractivity contribution < 1.29 is 8.81 Å². The fourth-order valence-electron chi connectivity index (χ4n) is 1.96. The first kappa shape index (κ1) is 15.8. The van der Waals surface area contributed by atoms with Crippen molar-refractivity contribution in [1.82, 2.24) is 5.32 Å². The Morgan fingerprint density at radius 2 is 1.76 bits per heavy atom. The molecule has 0 fully saturated rings. The quantitative estimate of drug-likeness (QED) is 0.850. The van der Waals surface area contributed by atoms with Crippen molar-refractivity contribution in [2.24, 2.45) is 11.3 Å². The standard InChI is InChI=1S/C18H24FNO/c1-13(18(2,3)4)11-20-12-16-9-10-17(21-16)14-5-7-15(19)8-6-14/h5-10,13,20H,11-12H2,1-4H3. The maximum Gasteiger partial charge on any atom is 0.134 e. The Morgan fingerprint density at radius 3 is 2.38 bits per heavy atom. The first-order chi connectivity index (χ1) is 9.86. The lowest BCUT2D eigenvalue weighted by Gasteiger charge is -2.27. The van der Waals surface area contributed by atoms with Crippen molar-refractivity contribution in [3.63, 3.8) is 0 Å². The predicted molar refractivity (Wildman–Crippen MR) is 84.4 cm³/mol. The van der Waals surface area contributed by atoms with Crippen LogP contribution in [0.15, 0.2) is 40.8 Å². The van der Waals surface area contributed by atoms with Gasteiger partial charge in [0.05, 0.1) is 6.54 Å². The van der Waals surface area contributed by atoms with E-state index in [9.17, 15) is 4.39 Å². The topological polar surface area (TPSA) is 25.2 Å². The molecule has 1 aromatic heterocycles. The first-order valence-corrected chi connectivity index (χ1v) is 7.41. The minimum Gasteiger partial charge on any atom is -0.460 e. The molecule has 1 N–H and O–H groups in total. The van der Waals surface area contributed by atoms with Crippen molar-refractivity contribution >= 4 is 0 Å². The van der Waals surface area contributed by atoms with E-state index in [-0.39, 0.29) is 5.82 Å². The molecule has 0 saturated heterocycles. The monoisotopic (exact) mass is 289 g/mol. The van der Waals surface area contributed by atoms with Crippen LogP contribution in [0.3, 0.4) is 0 Å². The highest BCUT2D eigenvalue weighted by atomic mass is 19.1. The molecule has 0 aliphatic rings. The van der Waals surface area contributed by atoms with Crippen LogP contribution in [-0.4, -0.2) is 6.54 Å². The Bertz CT molecular complexity index is 566. The molecule has 0 saturated carbocycles. The molecule has 1 heterocycles. The summed E-state index contributed by atoms with van der Waals surface area (Å²) >= 11 is 0. The highest BCUT2D eigenvalue weighted by molar-refractivity contribution is 5.57. The molecule has 114 valence electrons. The molecule has 1 aromatic carbocycles. The summed E-state index contributed by atoms with van der Waals surface area (Å²) in [6, 6.07) is 10.2. The van der Waals surface area contributed by atoms with Gasteiger partial charge in [0.25, 0.3) is 0 Å². The van der Waals surface area contributed by atoms with Crippen LogP contribution in [0.5, 0.6) is 0 Å². The zero-order valence-electron chi connectivity index (χ0n) is 13.2. The number of furan rings is 1. The Hall–Kier alpha value is -1.61. The number of nitrogens with one attached hydrogen (secondary N) is 1. The van der Waals surface area contributed by atoms with E-state index in [2.05, 4.69) is 33.0 Å². The number of halogens is 1. The molecule has 2 nitrogen and oxygen atoms in total. The molecule has 0 aliphatic heterocycles. The van der Waals surface area contributed by atoms with E-state index in [1.165, 1.54) is 12.1 Å². The van der Waals surface area contributed by atoms with Crippen LogP contribution < -0.4 is 5.32 Å². The second-order valence-corrected chi connectivity index (χ2v) is 6.67. The second-order valence-electron chi connectivity index (χ2n) is 6.67. The number of hydrogen-bond acceptors (Lipinski definition) is 2. The fourth-order valence-corrected chi connectivity index (χ4v) is 1.96. The van der Waals surface area contributed by atoms with Gasteiger partial charge in [-0.3, -0.25) is 0 Å². The molecular weight excluding hydrogens is 265 g/mol. The maximum atomic E-state index is 12.9. The summed E-state index contributed by atoms with van der Waals surface area (Å²) in [5.41, 5.74) is 1.20. The lowest BCUT2D eigenvalue weighted by molar-refractivity contribution is 0.250. The summed E-state index contributed by atoms with van der Waals surface area (Å²) in [6.07, 6.45) is 0. The lowest BCUT2D eigenvalue weighted by Crippen LogP contribution is -2.29. The SMILES string of the molecule is CC(CNCc1ccc(-c2ccc(F)cc2)o1)C(C)(C)C. The summed E-state index contributed by atoms with van der Waals surface area (Å²) < 4.78 is 18.7. The van der Waals surface area contributed by atoms with E-state index in [0.29, 0.717) is 17.9 Å². The predicted octanol–water partition coefficient (Wildman–Crippen LogP) is 4.86. The third-order valence-corrected chi connectivity index (χ3v) is 4.02. The summed E-state index contributed by atoms with van der Waals surface area (Å²) in [6.45, 7) is 10.7. The van der Waals surface area contributed by atoms with E-state index >= 15 is 0 Å². The van der Waals surface area contributed by atoms with Gasteiger partial charge in [-0.2, -0.15) is 0 Å². The van der Waals surface area contributed by atoms with E-state index in [1.54, 1.807) is 12.1 Å². The molecule has 0 amide bonds. The number of benzene rings is 1. The molecule has 21 heavy (non-hydrogen) atoms. The Labute approximate surface area is 126 Å². The van der Waals surface area contributed by atoms with E-state index in [1.807, 2.05) is 12.1 Å². The Morgan fingerprint density at radius 1 is 1.10 bits per heavy atom. The zero-order chi connectivity index (χ0) is 15.5. The van der Waals surface area contributed by atoms with Crippen LogP contribution in [0.25, 0.3) is 11.3 Å². The third kappa shape index (κ3) is 4.43. The molecule has 3 heteroatoms. The summed E-state index contributed by atoms with van der Waals surface area (Å²) in [4.78, 5) is 0. The van der Waals surface area contributed by atoms with Gasteiger partial charge in [0.1, 0.15) is 17.3 Å². The fraction of sp³-hybridized carbons (Fsp3) is 0.444. The highest BCUT2D eigenvalue weighted by Crippen LogP contribution is 2.25. The van der Waals surface area contributed by atoms with E-state index in [4.69, 9.17) is 4.42 Å². The van der Waals surface area contributed by atoms with Gasteiger partial charge in [-0.25, -0.2) is 4.39 Å². The van der Waals surface area contributed by atoms with E-state index < -0.39 is 0 Å². The minimum absolute atomic E-state index is 0.233. The van der Waals surface area contributed by atoms with Crippen molar-refractivity contribution in [3.05, 3.63) is 48.0 Å². The smallest absolute Gasteiger partial charge is 0.134 e. The molecule has 1 unspecified atom stereocenters. The van der Waals surface area contributed by atoms with Crippen LogP contribution in [0.2, 0.25) is 0 Å². The molecule has 0 aliphatic carbocycles. The molecule has 0 spiro atoms. The van der Waals surface area contributed by atoms with Gasteiger partial charge in [-0.05, 0) is 54.3 Å². The van der Waals surface area contributed by atoms with Gasteiger partial charge in [0, 0.05) is 5.56 Å². The Kier molecular flexibility index (Phi) is 4.84. The van der Waals surface area contributed by atoms with Gasteiger partial charge in [0.15, 0.2) is 0 Å². The molecule has 2 aromatic rings. The number of hydrogen-bond donors (Lipinski definition) is 1. The lowest BCUT2D eigenvalue weighted by atomic mass is 9.82. The van der Waals surface area contributed by atoms with Gasteiger partial charge in [0.2, 0.25) is 0 Å². The van der Waals surface area contributed by atoms with Gasteiger partial charge in [-0.15, -0.1) is 0 Å². The minimum atomic E-state index is -0.233. The zero-order valence-corrected chi connectivity index (χ0v) is 13.2. The summed E-state index contributed by atoms with van der Waals surface area (Å²) in [7, 11) is 0. The molecule has 2 rings (SSSR count). The largest absolute Gasteiger partial charge is 0.460 e. The van der Waals surface area contributed by atoms with Crippen LogP contribution in [0, 0.1) is 17.2 Å². The van der Waals surface area contributed by atoms with Crippen LogP contribution in [-0.2, 0) is 6.54 Å². The van der Waals surface area contributed by atoms with Crippen molar-refractivity contribution in [1.29, 1.82) is 0 Å². The highest BCUT2D eigenvalue weighted by Gasteiger charge is 2.19. The Balaban J connectivity index is 1.90. The normalized spacial score (nSPS) is 13.4. The summed E-state index contributed by atoms with van der Waals surface area (Å²) in [5, 5.41) is 3.43. The van der Waals surface area contributed by atoms with Gasteiger partial charge in [-0.1, -0.05) is 27.7 Å². The van der Waals surface area contributed by atoms with E-state index in [0.717, 1.165) is 23.6 Å². The maximum absolute atomic E-state index is 12.9. The molecular formula is C18H24FNO. The van der Waals surface area contributed by atoms with Crippen LogP contribution in [0.4, 0.5) is 4.39 Å². The van der Waals surface area contributed by atoms with Gasteiger partial charge < -0.3 is 9.73 Å². The molecule has 0 bridgehead atoms. The average Bonchev–Trinajstić information content (AvgIpc) is 2.87. The van der Waals surface area contributed by atoms with Crippen molar-refractivity contribution in [2.75, 3.05) is 6.54 Å².